The van der Waals surface area contributed by atoms with Gasteiger partial charge in [-0.1, -0.05) is 11.8 Å². The molecule has 5 rings (SSSR count). The molecule has 1 aliphatic rings. The van der Waals surface area contributed by atoms with Crippen molar-refractivity contribution in [1.82, 2.24) is 14.8 Å². The zero-order valence-electron chi connectivity index (χ0n) is 25.9. The van der Waals surface area contributed by atoms with Crippen LogP contribution in [0.1, 0.15) is 43.4 Å². The average Bonchev–Trinajstić information content (AvgIpc) is 3.46. The molecular weight excluding hydrogens is 608 g/mol. The van der Waals surface area contributed by atoms with Crippen LogP contribution in [0.15, 0.2) is 60.8 Å². The summed E-state index contributed by atoms with van der Waals surface area (Å²) in [5, 5.41) is 5.38. The lowest BCUT2D eigenvalue weighted by molar-refractivity contribution is -0.118. The number of ether oxygens (including phenoxy) is 1. The van der Waals surface area contributed by atoms with Crippen LogP contribution in [-0.4, -0.2) is 66.4 Å². The van der Waals surface area contributed by atoms with Gasteiger partial charge in [-0.3, -0.25) is 19.5 Å². The Hall–Kier alpha value is -4.37. The van der Waals surface area contributed by atoms with Crippen LogP contribution in [0.3, 0.4) is 0 Å². The second kappa shape index (κ2) is 15.8. The predicted molar refractivity (Wildman–Crippen MR) is 178 cm³/mol. The summed E-state index contributed by atoms with van der Waals surface area (Å²) in [5.74, 6) is 5.56. The number of amides is 2. The number of anilines is 2. The van der Waals surface area contributed by atoms with Crippen molar-refractivity contribution in [1.29, 1.82) is 0 Å². The monoisotopic (exact) mass is 645 g/mol. The number of likely N-dealkylation sites (tertiary alicyclic amines) is 1. The molecule has 0 radical (unpaired) electrons. The first-order valence-electron chi connectivity index (χ1n) is 15.3. The summed E-state index contributed by atoms with van der Waals surface area (Å²) in [5.41, 5.74) is 1.55. The van der Waals surface area contributed by atoms with Crippen molar-refractivity contribution in [3.8, 4) is 23.3 Å². The van der Waals surface area contributed by atoms with Crippen molar-refractivity contribution < 1.29 is 23.1 Å². The van der Waals surface area contributed by atoms with Gasteiger partial charge < -0.3 is 20.3 Å². The van der Waals surface area contributed by atoms with Crippen LogP contribution in [0, 0.1) is 23.5 Å². The van der Waals surface area contributed by atoms with Crippen molar-refractivity contribution in [3.63, 3.8) is 0 Å². The number of pyridine rings is 1. The Morgan fingerprint density at radius 1 is 0.957 bits per heavy atom. The molecule has 240 valence electrons. The molecule has 1 fully saturated rings. The Labute approximate surface area is 271 Å². The molecule has 11 heteroatoms. The normalized spacial score (nSPS) is 13.8. The highest BCUT2D eigenvalue weighted by Gasteiger charge is 2.19. The lowest BCUT2D eigenvalue weighted by atomic mass is 10.0. The minimum Gasteiger partial charge on any atom is -0.453 e. The highest BCUT2D eigenvalue weighted by molar-refractivity contribution is 7.19. The molecule has 2 N–H and O–H groups in total. The minimum absolute atomic E-state index is 0.0276. The molecule has 0 atom stereocenters. The number of fused-ring (bicyclic) bond motifs is 1. The average molecular weight is 646 g/mol. The maximum absolute atomic E-state index is 15.0. The van der Waals surface area contributed by atoms with E-state index in [0.717, 1.165) is 47.6 Å². The number of piperidine rings is 1. The van der Waals surface area contributed by atoms with Gasteiger partial charge in [-0.05, 0) is 82.2 Å². The van der Waals surface area contributed by atoms with Gasteiger partial charge in [0.2, 0.25) is 11.8 Å². The minimum atomic E-state index is -0.616. The van der Waals surface area contributed by atoms with Crippen LogP contribution in [-0.2, 0) is 9.59 Å². The molecule has 0 aliphatic carbocycles. The van der Waals surface area contributed by atoms with Crippen LogP contribution < -0.4 is 15.4 Å². The summed E-state index contributed by atoms with van der Waals surface area (Å²) in [6, 6.07) is 14.0. The van der Waals surface area contributed by atoms with Crippen molar-refractivity contribution in [3.05, 3.63) is 77.3 Å². The van der Waals surface area contributed by atoms with Crippen molar-refractivity contribution in [2.45, 2.75) is 44.6 Å². The SMILES string of the molecule is CN(C)C1CCN(CC#Cc2cc3nccc(Oc4ccc(NC(=O)CCCCC(=O)Nc5ccc(F)cc5)cc4F)c3s2)CC1. The Morgan fingerprint density at radius 3 is 2.30 bits per heavy atom. The lowest BCUT2D eigenvalue weighted by Crippen LogP contribution is -2.41. The van der Waals surface area contributed by atoms with Gasteiger partial charge in [0.1, 0.15) is 11.6 Å². The van der Waals surface area contributed by atoms with E-state index in [1.165, 1.54) is 47.7 Å². The predicted octanol–water partition coefficient (Wildman–Crippen LogP) is 6.88. The molecule has 46 heavy (non-hydrogen) atoms. The highest BCUT2D eigenvalue weighted by Crippen LogP contribution is 2.36. The van der Waals surface area contributed by atoms with E-state index in [4.69, 9.17) is 4.74 Å². The fourth-order valence-corrected chi connectivity index (χ4v) is 6.16. The Balaban J connectivity index is 1.09. The number of hydrogen-bond acceptors (Lipinski definition) is 7. The molecular formula is C35H37F2N5O3S. The fourth-order valence-electron chi connectivity index (χ4n) is 5.22. The molecule has 3 heterocycles. The summed E-state index contributed by atoms with van der Waals surface area (Å²) >= 11 is 1.46. The van der Waals surface area contributed by atoms with E-state index in [0.29, 0.717) is 36.0 Å². The van der Waals surface area contributed by atoms with Crippen LogP contribution in [0.25, 0.3) is 10.2 Å². The summed E-state index contributed by atoms with van der Waals surface area (Å²) < 4.78 is 34.7. The number of nitrogens with one attached hydrogen (secondary N) is 2. The number of thiophene rings is 1. The van der Waals surface area contributed by atoms with E-state index < -0.39 is 5.82 Å². The van der Waals surface area contributed by atoms with Crippen LogP contribution in [0.4, 0.5) is 20.2 Å². The molecule has 8 nitrogen and oxygen atoms in total. The number of rotatable bonds is 11. The van der Waals surface area contributed by atoms with Crippen molar-refractivity contribution in [2.75, 3.05) is 44.4 Å². The summed E-state index contributed by atoms with van der Waals surface area (Å²) in [4.78, 5) is 34.4. The molecule has 0 saturated carbocycles. The first kappa shape index (κ1) is 33.0. The van der Waals surface area contributed by atoms with Crippen LogP contribution in [0.5, 0.6) is 11.5 Å². The number of nitrogens with zero attached hydrogens (tertiary/aromatic N) is 3. The van der Waals surface area contributed by atoms with E-state index in [9.17, 15) is 14.0 Å². The largest absolute Gasteiger partial charge is 0.453 e. The molecule has 0 bridgehead atoms. The number of carbonyl (C=O) groups is 2. The van der Waals surface area contributed by atoms with E-state index in [2.05, 4.69) is 51.4 Å². The number of halogens is 2. The Morgan fingerprint density at radius 2 is 1.63 bits per heavy atom. The first-order chi connectivity index (χ1) is 22.2. The van der Waals surface area contributed by atoms with Crippen molar-refractivity contribution >= 4 is 44.7 Å². The van der Waals surface area contributed by atoms with Gasteiger partial charge in [0, 0.05) is 61.7 Å². The van der Waals surface area contributed by atoms with Gasteiger partial charge in [0.15, 0.2) is 11.6 Å². The fraction of sp³-hybridized carbons (Fsp3) is 0.343. The van der Waals surface area contributed by atoms with Crippen molar-refractivity contribution in [2.24, 2.45) is 0 Å². The van der Waals surface area contributed by atoms with E-state index >= 15 is 4.39 Å². The summed E-state index contributed by atoms with van der Waals surface area (Å²) in [6.45, 7) is 2.80. The maximum atomic E-state index is 15.0. The third-order valence-corrected chi connectivity index (χ3v) is 8.85. The second-order valence-corrected chi connectivity index (χ2v) is 12.5. The number of carbonyl (C=O) groups excluding carboxylic acids is 2. The standard InChI is InChI=1S/C35H37F2N5O3S/c1-41(2)27-16-20-42(21-17-27)19-5-6-28-23-30-35(46-28)32(15-18-38-30)45-31-14-13-26(22-29(31)37)40-34(44)8-4-3-7-33(43)39-25-11-9-24(36)10-12-25/h9-15,18,22-23,27H,3-4,7-8,16-17,19-21H2,1-2H3,(H,39,43)(H,40,44). The van der Waals surface area contributed by atoms with E-state index in [1.54, 1.807) is 18.3 Å². The zero-order valence-corrected chi connectivity index (χ0v) is 26.8. The van der Waals surface area contributed by atoms with Crippen LogP contribution >= 0.6 is 11.3 Å². The van der Waals surface area contributed by atoms with Gasteiger partial charge in [-0.25, -0.2) is 8.78 Å². The Bertz CT molecular complexity index is 1720. The zero-order chi connectivity index (χ0) is 32.5. The topological polar surface area (TPSA) is 86.8 Å². The van der Waals surface area contributed by atoms with Gasteiger partial charge in [-0.2, -0.15) is 0 Å². The number of hydrogen-bond donors (Lipinski definition) is 2. The molecule has 1 saturated heterocycles. The van der Waals surface area contributed by atoms with Crippen LogP contribution in [0.2, 0.25) is 0 Å². The molecule has 4 aromatic rings. The molecule has 2 aromatic heterocycles. The maximum Gasteiger partial charge on any atom is 0.224 e. The van der Waals surface area contributed by atoms with E-state index in [1.807, 2.05) is 6.07 Å². The number of aromatic nitrogens is 1. The third-order valence-electron chi connectivity index (χ3n) is 7.80. The van der Waals surface area contributed by atoms with Gasteiger partial charge in [-0.15, -0.1) is 11.3 Å². The summed E-state index contributed by atoms with van der Waals surface area (Å²) in [6.07, 6.45) is 5.29. The highest BCUT2D eigenvalue weighted by atomic mass is 32.1. The molecule has 0 spiro atoms. The molecule has 2 aromatic carbocycles. The smallest absolute Gasteiger partial charge is 0.224 e. The Kier molecular flexibility index (Phi) is 11.3. The third kappa shape index (κ3) is 9.33. The molecule has 0 unspecified atom stereocenters. The molecule has 1 aliphatic heterocycles. The van der Waals surface area contributed by atoms with Gasteiger partial charge >= 0.3 is 0 Å². The lowest BCUT2D eigenvalue weighted by Gasteiger charge is -2.34. The van der Waals surface area contributed by atoms with E-state index in [-0.39, 0.29) is 36.2 Å². The summed E-state index contributed by atoms with van der Waals surface area (Å²) in [7, 11) is 4.27. The second-order valence-electron chi connectivity index (χ2n) is 11.5. The molecule has 2 amide bonds. The van der Waals surface area contributed by atoms with Gasteiger partial charge in [0.05, 0.1) is 21.6 Å². The van der Waals surface area contributed by atoms with Gasteiger partial charge in [0.25, 0.3) is 0 Å². The number of unbranched alkanes of at least 4 members (excludes halogenated alkanes) is 1. The number of benzene rings is 2. The first-order valence-corrected chi connectivity index (χ1v) is 16.1. The quantitative estimate of drug-likeness (QED) is 0.137.